The largest absolute Gasteiger partial charge is 0.465 e. The van der Waals surface area contributed by atoms with E-state index in [1.54, 1.807) is 6.92 Å². The van der Waals surface area contributed by atoms with Gasteiger partial charge in [-0.1, -0.05) is 0 Å². The summed E-state index contributed by atoms with van der Waals surface area (Å²) in [5, 5.41) is 2.98. The zero-order valence-corrected chi connectivity index (χ0v) is 8.50. The highest BCUT2D eigenvalue weighted by atomic mass is 16.5. The van der Waals surface area contributed by atoms with Crippen molar-refractivity contribution in [2.45, 2.75) is 13.8 Å². The minimum atomic E-state index is -0.430. The van der Waals surface area contributed by atoms with Gasteiger partial charge in [0.15, 0.2) is 0 Å². The molecule has 1 aromatic rings. The lowest BCUT2D eigenvalue weighted by molar-refractivity contribution is 0.0601. The van der Waals surface area contributed by atoms with Crippen molar-refractivity contribution >= 4 is 11.8 Å². The van der Waals surface area contributed by atoms with Crippen LogP contribution in [0.25, 0.3) is 0 Å². The average molecular weight is 195 g/mol. The Morgan fingerprint density at radius 1 is 1.64 bits per heavy atom. The zero-order valence-electron chi connectivity index (χ0n) is 8.50. The quantitative estimate of drug-likeness (QED) is 0.729. The van der Waals surface area contributed by atoms with Gasteiger partial charge < -0.3 is 10.1 Å². The Labute approximate surface area is 82.5 Å². The van der Waals surface area contributed by atoms with Crippen LogP contribution in [0.1, 0.15) is 23.1 Å². The Kier molecular flexibility index (Phi) is 3.39. The van der Waals surface area contributed by atoms with E-state index in [-0.39, 0.29) is 0 Å². The number of ether oxygens (including phenoxy) is 1. The van der Waals surface area contributed by atoms with Crippen LogP contribution in [0.2, 0.25) is 0 Å². The predicted molar refractivity (Wildman–Crippen MR) is 52.3 cm³/mol. The third-order valence-electron chi connectivity index (χ3n) is 1.66. The number of rotatable bonds is 3. The molecule has 0 aromatic carbocycles. The lowest BCUT2D eigenvalue weighted by Gasteiger charge is -2.07. The Morgan fingerprint density at radius 3 is 2.93 bits per heavy atom. The first kappa shape index (κ1) is 10.4. The Hall–Kier alpha value is -1.65. The Balaban J connectivity index is 3.07. The number of aryl methyl sites for hydroxylation is 1. The van der Waals surface area contributed by atoms with Gasteiger partial charge in [0.25, 0.3) is 0 Å². The van der Waals surface area contributed by atoms with Crippen LogP contribution < -0.4 is 5.32 Å². The second kappa shape index (κ2) is 4.55. The fraction of sp³-hybridized carbons (Fsp3) is 0.444. The van der Waals surface area contributed by atoms with Crippen molar-refractivity contribution in [2.75, 3.05) is 19.0 Å². The molecule has 5 heteroatoms. The van der Waals surface area contributed by atoms with Gasteiger partial charge in [0, 0.05) is 12.7 Å². The predicted octanol–water partition coefficient (Wildman–Crippen LogP) is 1.00. The van der Waals surface area contributed by atoms with Gasteiger partial charge in [0.1, 0.15) is 17.2 Å². The first-order valence-corrected chi connectivity index (χ1v) is 4.34. The van der Waals surface area contributed by atoms with Crippen molar-refractivity contribution in [2.24, 2.45) is 0 Å². The molecule has 0 saturated carbocycles. The van der Waals surface area contributed by atoms with E-state index in [9.17, 15) is 4.79 Å². The summed E-state index contributed by atoms with van der Waals surface area (Å²) in [7, 11) is 1.33. The molecule has 0 radical (unpaired) electrons. The molecule has 0 atom stereocenters. The molecule has 1 N–H and O–H groups in total. The van der Waals surface area contributed by atoms with Crippen LogP contribution in [-0.2, 0) is 4.74 Å². The Bertz CT molecular complexity index is 339. The van der Waals surface area contributed by atoms with Crippen molar-refractivity contribution in [3.05, 3.63) is 17.6 Å². The average Bonchev–Trinajstić information content (AvgIpc) is 2.17. The molecule has 0 amide bonds. The van der Waals surface area contributed by atoms with Crippen molar-refractivity contribution in [3.63, 3.8) is 0 Å². The van der Waals surface area contributed by atoms with Crippen LogP contribution in [-0.4, -0.2) is 29.6 Å². The van der Waals surface area contributed by atoms with Crippen LogP contribution in [0, 0.1) is 6.92 Å². The van der Waals surface area contributed by atoms with Crippen LogP contribution in [0.5, 0.6) is 0 Å². The fourth-order valence-corrected chi connectivity index (χ4v) is 1.03. The maximum absolute atomic E-state index is 11.3. The molecule has 0 aliphatic rings. The van der Waals surface area contributed by atoms with E-state index < -0.39 is 5.97 Å². The molecular formula is C9H13N3O2. The number of hydrogen-bond donors (Lipinski definition) is 1. The molecule has 0 aliphatic carbocycles. The maximum atomic E-state index is 11.3. The molecule has 0 fully saturated rings. The van der Waals surface area contributed by atoms with Crippen LogP contribution in [0.15, 0.2) is 6.20 Å². The van der Waals surface area contributed by atoms with E-state index in [0.29, 0.717) is 23.8 Å². The van der Waals surface area contributed by atoms with Crippen LogP contribution in [0.4, 0.5) is 5.82 Å². The van der Waals surface area contributed by atoms with Gasteiger partial charge in [-0.25, -0.2) is 14.8 Å². The zero-order chi connectivity index (χ0) is 10.6. The fourth-order valence-electron chi connectivity index (χ4n) is 1.03. The molecule has 0 aliphatic heterocycles. The highest BCUT2D eigenvalue weighted by molar-refractivity contribution is 5.94. The second-order valence-corrected chi connectivity index (χ2v) is 2.70. The lowest BCUT2D eigenvalue weighted by Crippen LogP contribution is -2.11. The number of nitrogens with zero attached hydrogens (tertiary/aromatic N) is 2. The summed E-state index contributed by atoms with van der Waals surface area (Å²) in [5.74, 6) is 0.710. The molecule has 0 saturated heterocycles. The van der Waals surface area contributed by atoms with Gasteiger partial charge in [-0.05, 0) is 13.8 Å². The SMILES string of the molecule is CCNc1nc(C)ncc1C(=O)OC. The van der Waals surface area contributed by atoms with Gasteiger partial charge in [-0.2, -0.15) is 0 Å². The number of carbonyl (C=O) groups is 1. The van der Waals surface area contributed by atoms with E-state index in [2.05, 4.69) is 20.0 Å². The highest BCUT2D eigenvalue weighted by Crippen LogP contribution is 2.12. The molecule has 14 heavy (non-hydrogen) atoms. The summed E-state index contributed by atoms with van der Waals surface area (Å²) < 4.78 is 4.60. The van der Waals surface area contributed by atoms with E-state index >= 15 is 0 Å². The van der Waals surface area contributed by atoms with Gasteiger partial charge in [-0.15, -0.1) is 0 Å². The molecule has 76 valence electrons. The molecule has 1 heterocycles. The normalized spacial score (nSPS) is 9.64. The first-order chi connectivity index (χ1) is 6.69. The molecule has 0 spiro atoms. The summed E-state index contributed by atoms with van der Waals surface area (Å²) >= 11 is 0. The molecule has 0 unspecified atom stereocenters. The van der Waals surface area contributed by atoms with Crippen molar-refractivity contribution in [3.8, 4) is 0 Å². The molecule has 5 nitrogen and oxygen atoms in total. The molecule has 1 rings (SSSR count). The van der Waals surface area contributed by atoms with E-state index in [0.717, 1.165) is 0 Å². The van der Waals surface area contributed by atoms with Gasteiger partial charge in [-0.3, -0.25) is 0 Å². The summed E-state index contributed by atoms with van der Waals surface area (Å²) in [5.41, 5.74) is 0.361. The highest BCUT2D eigenvalue weighted by Gasteiger charge is 2.13. The number of nitrogens with one attached hydrogen (secondary N) is 1. The first-order valence-electron chi connectivity index (χ1n) is 4.34. The van der Waals surface area contributed by atoms with Crippen molar-refractivity contribution < 1.29 is 9.53 Å². The van der Waals surface area contributed by atoms with E-state index in [4.69, 9.17) is 0 Å². The maximum Gasteiger partial charge on any atom is 0.343 e. The monoisotopic (exact) mass is 195 g/mol. The van der Waals surface area contributed by atoms with E-state index in [1.807, 2.05) is 6.92 Å². The third kappa shape index (κ3) is 2.18. The summed E-state index contributed by atoms with van der Waals surface area (Å²) in [6.07, 6.45) is 1.46. The topological polar surface area (TPSA) is 64.1 Å². The smallest absolute Gasteiger partial charge is 0.343 e. The van der Waals surface area contributed by atoms with E-state index in [1.165, 1.54) is 13.3 Å². The number of esters is 1. The minimum Gasteiger partial charge on any atom is -0.465 e. The van der Waals surface area contributed by atoms with Gasteiger partial charge in [0.05, 0.1) is 7.11 Å². The molecular weight excluding hydrogens is 182 g/mol. The van der Waals surface area contributed by atoms with Crippen LogP contribution >= 0.6 is 0 Å². The Morgan fingerprint density at radius 2 is 2.36 bits per heavy atom. The molecule has 0 bridgehead atoms. The van der Waals surface area contributed by atoms with Crippen LogP contribution in [0.3, 0.4) is 0 Å². The second-order valence-electron chi connectivity index (χ2n) is 2.70. The number of hydrogen-bond acceptors (Lipinski definition) is 5. The number of carbonyl (C=O) groups excluding carboxylic acids is 1. The summed E-state index contributed by atoms with van der Waals surface area (Å²) in [4.78, 5) is 19.3. The van der Waals surface area contributed by atoms with Gasteiger partial charge in [0.2, 0.25) is 0 Å². The van der Waals surface area contributed by atoms with Gasteiger partial charge >= 0.3 is 5.97 Å². The minimum absolute atomic E-state index is 0.361. The summed E-state index contributed by atoms with van der Waals surface area (Å²) in [6, 6.07) is 0. The standard InChI is InChI=1S/C9H13N3O2/c1-4-10-8-7(9(13)14-3)5-11-6(2)12-8/h5H,4H2,1-3H3,(H,10,11,12). The molecule has 1 aromatic heterocycles. The number of aromatic nitrogens is 2. The lowest BCUT2D eigenvalue weighted by atomic mass is 10.3. The summed E-state index contributed by atoms with van der Waals surface area (Å²) in [6.45, 7) is 4.39. The van der Waals surface area contributed by atoms with Crippen molar-refractivity contribution in [1.82, 2.24) is 9.97 Å². The van der Waals surface area contributed by atoms with Crippen molar-refractivity contribution in [1.29, 1.82) is 0 Å². The number of anilines is 1. The number of methoxy groups -OCH3 is 1. The third-order valence-corrected chi connectivity index (χ3v) is 1.66.